The molecular weight excluding hydrogens is 290 g/mol. The van der Waals surface area contributed by atoms with Gasteiger partial charge in [-0.15, -0.1) is 0 Å². The van der Waals surface area contributed by atoms with Gasteiger partial charge in [-0.25, -0.2) is 17.9 Å². The average molecular weight is 311 g/mol. The molecule has 1 saturated carbocycles. The van der Waals surface area contributed by atoms with Crippen LogP contribution in [0.2, 0.25) is 0 Å². The van der Waals surface area contributed by atoms with E-state index in [-0.39, 0.29) is 11.3 Å². The molecule has 2 N–H and O–H groups in total. The van der Waals surface area contributed by atoms with E-state index >= 15 is 0 Å². The maximum atomic E-state index is 12.1. The molecule has 1 aromatic rings. The van der Waals surface area contributed by atoms with Crippen molar-refractivity contribution in [2.45, 2.75) is 31.9 Å². The van der Waals surface area contributed by atoms with Gasteiger partial charge in [-0.1, -0.05) is 31.9 Å². The Labute approximate surface area is 125 Å². The molecule has 5 nitrogen and oxygen atoms in total. The molecule has 0 aliphatic heterocycles. The van der Waals surface area contributed by atoms with E-state index in [0.717, 1.165) is 6.42 Å². The first kappa shape index (κ1) is 16.0. The number of carboxylic acids is 1. The molecule has 0 spiro atoms. The van der Waals surface area contributed by atoms with Gasteiger partial charge >= 0.3 is 5.97 Å². The van der Waals surface area contributed by atoms with Gasteiger partial charge < -0.3 is 5.11 Å². The average Bonchev–Trinajstić information content (AvgIpc) is 2.82. The Kier molecular flexibility index (Phi) is 5.00. The van der Waals surface area contributed by atoms with Crippen LogP contribution < -0.4 is 4.72 Å². The van der Waals surface area contributed by atoms with Gasteiger partial charge in [0, 0.05) is 6.54 Å². The second kappa shape index (κ2) is 6.58. The van der Waals surface area contributed by atoms with Crippen molar-refractivity contribution < 1.29 is 18.3 Å². The zero-order valence-electron chi connectivity index (χ0n) is 12.1. The van der Waals surface area contributed by atoms with Gasteiger partial charge in [-0.2, -0.15) is 0 Å². The Bertz CT molecular complexity index is 595. The lowest BCUT2D eigenvalue weighted by Crippen LogP contribution is -2.31. The van der Waals surface area contributed by atoms with Crippen LogP contribution in [0.4, 0.5) is 0 Å². The van der Waals surface area contributed by atoms with Crippen LogP contribution in [0.5, 0.6) is 0 Å². The standard InChI is InChI=1S/C15H21NO4S/c1-11-3-2-4-14(11)9-16-21(19,20)10-12-5-7-13(8-6-12)15(17)18/h5-8,11,14,16H,2-4,9-10H2,1H3,(H,17,18). The molecule has 1 aliphatic rings. The third kappa shape index (κ3) is 4.54. The van der Waals surface area contributed by atoms with E-state index < -0.39 is 16.0 Å². The predicted octanol–water partition coefficient (Wildman–Crippen LogP) is 2.24. The Hall–Kier alpha value is -1.40. The highest BCUT2D eigenvalue weighted by Gasteiger charge is 2.24. The highest BCUT2D eigenvalue weighted by atomic mass is 32.2. The summed E-state index contributed by atoms with van der Waals surface area (Å²) in [6.07, 6.45) is 3.42. The fourth-order valence-electron chi connectivity index (χ4n) is 2.77. The number of aromatic carboxylic acids is 1. The Morgan fingerprint density at radius 3 is 2.48 bits per heavy atom. The topological polar surface area (TPSA) is 83.5 Å². The molecule has 0 amide bonds. The molecule has 1 aromatic carbocycles. The van der Waals surface area contributed by atoms with Crippen LogP contribution >= 0.6 is 0 Å². The monoisotopic (exact) mass is 311 g/mol. The molecule has 0 heterocycles. The molecule has 116 valence electrons. The van der Waals surface area contributed by atoms with Crippen molar-refractivity contribution in [1.82, 2.24) is 4.72 Å². The maximum Gasteiger partial charge on any atom is 0.335 e. The van der Waals surface area contributed by atoms with Crippen molar-refractivity contribution in [3.05, 3.63) is 35.4 Å². The highest BCUT2D eigenvalue weighted by Crippen LogP contribution is 2.30. The molecule has 1 aliphatic carbocycles. The van der Waals surface area contributed by atoms with Crippen LogP contribution in [0.15, 0.2) is 24.3 Å². The quantitative estimate of drug-likeness (QED) is 0.844. The van der Waals surface area contributed by atoms with Gasteiger partial charge in [0.05, 0.1) is 11.3 Å². The number of hydrogen-bond acceptors (Lipinski definition) is 3. The number of hydrogen-bond donors (Lipinski definition) is 2. The third-order valence-corrected chi connectivity index (χ3v) is 5.48. The lowest BCUT2D eigenvalue weighted by molar-refractivity contribution is 0.0697. The van der Waals surface area contributed by atoms with Crippen molar-refractivity contribution in [3.63, 3.8) is 0 Å². The van der Waals surface area contributed by atoms with Crippen molar-refractivity contribution >= 4 is 16.0 Å². The summed E-state index contributed by atoms with van der Waals surface area (Å²) in [6, 6.07) is 5.93. The Morgan fingerprint density at radius 1 is 1.29 bits per heavy atom. The third-order valence-electron chi connectivity index (χ3n) is 4.16. The summed E-state index contributed by atoms with van der Waals surface area (Å²) in [4.78, 5) is 10.7. The molecule has 0 radical (unpaired) electrons. The molecule has 2 unspecified atom stereocenters. The van der Waals surface area contributed by atoms with Gasteiger partial charge in [0.2, 0.25) is 10.0 Å². The Morgan fingerprint density at radius 2 is 1.95 bits per heavy atom. The van der Waals surface area contributed by atoms with E-state index in [4.69, 9.17) is 5.11 Å². The van der Waals surface area contributed by atoms with Crippen molar-refractivity contribution in [3.8, 4) is 0 Å². The summed E-state index contributed by atoms with van der Waals surface area (Å²) < 4.78 is 26.8. The summed E-state index contributed by atoms with van der Waals surface area (Å²) in [5, 5.41) is 8.81. The van der Waals surface area contributed by atoms with E-state index in [2.05, 4.69) is 11.6 Å². The number of carboxylic acid groups (broad SMARTS) is 1. The van der Waals surface area contributed by atoms with Gasteiger partial charge in [-0.05, 0) is 36.0 Å². The van der Waals surface area contributed by atoms with Crippen molar-refractivity contribution in [1.29, 1.82) is 0 Å². The second-order valence-electron chi connectivity index (χ2n) is 5.78. The van der Waals surface area contributed by atoms with E-state index in [1.807, 2.05) is 0 Å². The molecule has 2 atom stereocenters. The molecule has 6 heteroatoms. The second-order valence-corrected chi connectivity index (χ2v) is 7.58. The first-order valence-corrected chi connectivity index (χ1v) is 8.82. The van der Waals surface area contributed by atoms with E-state index in [1.54, 1.807) is 12.1 Å². The maximum absolute atomic E-state index is 12.1. The lowest BCUT2D eigenvalue weighted by atomic mass is 9.99. The van der Waals surface area contributed by atoms with Gasteiger partial charge in [-0.3, -0.25) is 0 Å². The van der Waals surface area contributed by atoms with Crippen LogP contribution in [-0.2, 0) is 15.8 Å². The zero-order valence-corrected chi connectivity index (χ0v) is 12.9. The minimum atomic E-state index is -3.38. The van der Waals surface area contributed by atoms with Crippen molar-refractivity contribution in [2.75, 3.05) is 6.54 Å². The number of carbonyl (C=O) groups is 1. The normalized spacial score (nSPS) is 22.3. The summed E-state index contributed by atoms with van der Waals surface area (Å²) >= 11 is 0. The summed E-state index contributed by atoms with van der Waals surface area (Å²) in [5.74, 6) is -0.136. The lowest BCUT2D eigenvalue weighted by Gasteiger charge is -2.16. The van der Waals surface area contributed by atoms with E-state index in [9.17, 15) is 13.2 Å². The minimum Gasteiger partial charge on any atom is -0.478 e. The largest absolute Gasteiger partial charge is 0.478 e. The van der Waals surface area contributed by atoms with Gasteiger partial charge in [0.15, 0.2) is 0 Å². The molecular formula is C15H21NO4S. The highest BCUT2D eigenvalue weighted by molar-refractivity contribution is 7.88. The number of rotatable bonds is 6. The first-order chi connectivity index (χ1) is 9.87. The number of nitrogens with one attached hydrogen (secondary N) is 1. The fourth-order valence-corrected chi connectivity index (χ4v) is 3.97. The van der Waals surface area contributed by atoms with E-state index in [0.29, 0.717) is 23.9 Å². The predicted molar refractivity (Wildman–Crippen MR) is 80.5 cm³/mol. The first-order valence-electron chi connectivity index (χ1n) is 7.17. The van der Waals surface area contributed by atoms with E-state index in [1.165, 1.54) is 25.0 Å². The molecule has 21 heavy (non-hydrogen) atoms. The summed E-state index contributed by atoms with van der Waals surface area (Å²) in [7, 11) is -3.38. The van der Waals surface area contributed by atoms with Crippen molar-refractivity contribution in [2.24, 2.45) is 11.8 Å². The minimum absolute atomic E-state index is 0.117. The van der Waals surface area contributed by atoms with Crippen LogP contribution in [0, 0.1) is 11.8 Å². The van der Waals surface area contributed by atoms with Gasteiger partial charge in [0.25, 0.3) is 0 Å². The molecule has 0 aromatic heterocycles. The SMILES string of the molecule is CC1CCCC1CNS(=O)(=O)Cc1ccc(C(=O)O)cc1. The smallest absolute Gasteiger partial charge is 0.335 e. The van der Waals surface area contributed by atoms with Gasteiger partial charge in [0.1, 0.15) is 0 Å². The molecule has 0 bridgehead atoms. The molecule has 0 saturated heterocycles. The number of sulfonamides is 1. The summed E-state index contributed by atoms with van der Waals surface area (Å²) in [5.41, 5.74) is 0.746. The molecule has 1 fully saturated rings. The molecule has 2 rings (SSSR count). The van der Waals surface area contributed by atoms with Crippen LogP contribution in [0.1, 0.15) is 42.1 Å². The van der Waals surface area contributed by atoms with Crippen LogP contribution in [-0.4, -0.2) is 26.0 Å². The zero-order chi connectivity index (χ0) is 15.5. The summed E-state index contributed by atoms with van der Waals surface area (Å²) in [6.45, 7) is 2.66. The Balaban J connectivity index is 1.92. The number of benzene rings is 1. The van der Waals surface area contributed by atoms with Crippen LogP contribution in [0.3, 0.4) is 0 Å². The van der Waals surface area contributed by atoms with Crippen LogP contribution in [0.25, 0.3) is 0 Å². The fraction of sp³-hybridized carbons (Fsp3) is 0.533.